The molecule has 0 saturated heterocycles. The first-order chi connectivity index (χ1) is 9.72. The SMILES string of the molecule is Cc1cc(S(=O)(=O)NCc2c(C)noc2C)c(Cl)cc1F. The van der Waals surface area contributed by atoms with Gasteiger partial charge in [0, 0.05) is 12.1 Å². The number of benzene rings is 1. The molecule has 5 nitrogen and oxygen atoms in total. The lowest BCUT2D eigenvalue weighted by molar-refractivity contribution is 0.392. The van der Waals surface area contributed by atoms with Crippen molar-refractivity contribution in [1.82, 2.24) is 9.88 Å². The first-order valence-electron chi connectivity index (χ1n) is 6.09. The number of nitrogens with zero attached hydrogens (tertiary/aromatic N) is 1. The van der Waals surface area contributed by atoms with Crippen LogP contribution in [0.3, 0.4) is 0 Å². The molecule has 1 heterocycles. The number of halogens is 2. The molecule has 0 aliphatic carbocycles. The summed E-state index contributed by atoms with van der Waals surface area (Å²) in [5.74, 6) is -0.0127. The number of nitrogens with one attached hydrogen (secondary N) is 1. The highest BCUT2D eigenvalue weighted by molar-refractivity contribution is 7.89. The summed E-state index contributed by atoms with van der Waals surface area (Å²) in [7, 11) is -3.86. The molecule has 0 unspecified atom stereocenters. The normalized spacial score (nSPS) is 11.9. The third-order valence-electron chi connectivity index (χ3n) is 3.12. The zero-order valence-corrected chi connectivity index (χ0v) is 13.3. The fourth-order valence-electron chi connectivity index (χ4n) is 1.84. The van der Waals surface area contributed by atoms with Crippen molar-refractivity contribution in [1.29, 1.82) is 0 Å². The Kier molecular flexibility index (Phi) is 4.36. The Morgan fingerprint density at radius 2 is 2.00 bits per heavy atom. The quantitative estimate of drug-likeness (QED) is 0.934. The van der Waals surface area contributed by atoms with Crippen LogP contribution in [-0.2, 0) is 16.6 Å². The van der Waals surface area contributed by atoms with Gasteiger partial charge >= 0.3 is 0 Å². The number of aryl methyl sites for hydroxylation is 3. The van der Waals surface area contributed by atoms with Crippen LogP contribution < -0.4 is 4.72 Å². The Labute approximate surface area is 127 Å². The topological polar surface area (TPSA) is 72.2 Å². The summed E-state index contributed by atoms with van der Waals surface area (Å²) in [6.45, 7) is 4.91. The van der Waals surface area contributed by atoms with Gasteiger partial charge in [-0.15, -0.1) is 0 Å². The fraction of sp³-hybridized carbons (Fsp3) is 0.308. The first kappa shape index (κ1) is 15.9. The van der Waals surface area contributed by atoms with Crippen molar-refractivity contribution in [3.63, 3.8) is 0 Å². The summed E-state index contributed by atoms with van der Waals surface area (Å²) < 4.78 is 45.2. The molecule has 0 fully saturated rings. The van der Waals surface area contributed by atoms with Crippen LogP contribution in [-0.4, -0.2) is 13.6 Å². The second-order valence-corrected chi connectivity index (χ2v) is 6.80. The first-order valence-corrected chi connectivity index (χ1v) is 7.95. The molecule has 0 radical (unpaired) electrons. The summed E-state index contributed by atoms with van der Waals surface area (Å²) in [6, 6.07) is 2.19. The molecule has 0 atom stereocenters. The van der Waals surface area contributed by atoms with Crippen molar-refractivity contribution in [3.8, 4) is 0 Å². The van der Waals surface area contributed by atoms with Gasteiger partial charge in [-0.3, -0.25) is 0 Å². The molecule has 1 aromatic heterocycles. The highest BCUT2D eigenvalue weighted by Crippen LogP contribution is 2.25. The smallest absolute Gasteiger partial charge is 0.242 e. The van der Waals surface area contributed by atoms with Crippen molar-refractivity contribution in [2.75, 3.05) is 0 Å². The van der Waals surface area contributed by atoms with E-state index in [0.29, 0.717) is 17.0 Å². The molecular weight excluding hydrogens is 319 g/mol. The lowest BCUT2D eigenvalue weighted by Crippen LogP contribution is -2.24. The molecule has 0 bridgehead atoms. The molecule has 1 N–H and O–H groups in total. The summed E-state index contributed by atoms with van der Waals surface area (Å²) in [5, 5.41) is 3.58. The molecule has 8 heteroatoms. The molecule has 0 aliphatic heterocycles. The minimum absolute atomic E-state index is 0.0241. The van der Waals surface area contributed by atoms with Crippen LogP contribution in [0, 0.1) is 26.6 Å². The molecule has 114 valence electrons. The minimum atomic E-state index is -3.86. The van der Waals surface area contributed by atoms with Gasteiger partial charge in [0.05, 0.1) is 10.7 Å². The van der Waals surface area contributed by atoms with Gasteiger partial charge in [-0.05, 0) is 38.5 Å². The molecule has 1 aromatic carbocycles. The maximum Gasteiger partial charge on any atom is 0.242 e. The zero-order valence-electron chi connectivity index (χ0n) is 11.7. The lowest BCUT2D eigenvalue weighted by atomic mass is 10.2. The van der Waals surface area contributed by atoms with Crippen molar-refractivity contribution in [2.24, 2.45) is 0 Å². The highest BCUT2D eigenvalue weighted by atomic mass is 35.5. The van der Waals surface area contributed by atoms with Crippen LogP contribution >= 0.6 is 11.6 Å². The monoisotopic (exact) mass is 332 g/mol. The van der Waals surface area contributed by atoms with E-state index in [1.807, 2.05) is 0 Å². The second-order valence-electron chi connectivity index (χ2n) is 4.66. The van der Waals surface area contributed by atoms with E-state index in [1.165, 1.54) is 13.0 Å². The van der Waals surface area contributed by atoms with E-state index in [2.05, 4.69) is 9.88 Å². The van der Waals surface area contributed by atoms with Gasteiger partial charge in [-0.1, -0.05) is 16.8 Å². The van der Waals surface area contributed by atoms with Crippen LogP contribution in [0.4, 0.5) is 4.39 Å². The highest BCUT2D eigenvalue weighted by Gasteiger charge is 2.21. The summed E-state index contributed by atoms with van der Waals surface area (Å²) in [4.78, 5) is -0.158. The van der Waals surface area contributed by atoms with Crippen LogP contribution in [0.25, 0.3) is 0 Å². The molecule has 0 aliphatic rings. The standard InChI is InChI=1S/C13H14ClFN2O3S/c1-7-4-13(11(14)5-12(7)15)21(18,19)16-6-10-8(2)17-20-9(10)3/h4-5,16H,6H2,1-3H3. The van der Waals surface area contributed by atoms with E-state index in [9.17, 15) is 12.8 Å². The Morgan fingerprint density at radius 3 is 2.57 bits per heavy atom. The van der Waals surface area contributed by atoms with Gasteiger partial charge in [0.1, 0.15) is 16.5 Å². The van der Waals surface area contributed by atoms with Gasteiger partial charge in [0.25, 0.3) is 0 Å². The largest absolute Gasteiger partial charge is 0.361 e. The summed E-state index contributed by atoms with van der Waals surface area (Å²) >= 11 is 5.82. The molecule has 21 heavy (non-hydrogen) atoms. The van der Waals surface area contributed by atoms with Crippen molar-refractivity contribution < 1.29 is 17.3 Å². The number of rotatable bonds is 4. The lowest BCUT2D eigenvalue weighted by Gasteiger charge is -2.09. The van der Waals surface area contributed by atoms with Gasteiger partial charge in [-0.2, -0.15) is 0 Å². The summed E-state index contributed by atoms with van der Waals surface area (Å²) in [6.07, 6.45) is 0. The number of hydrogen-bond donors (Lipinski definition) is 1. The van der Waals surface area contributed by atoms with Crippen molar-refractivity contribution >= 4 is 21.6 Å². The van der Waals surface area contributed by atoms with E-state index in [-0.39, 0.29) is 22.0 Å². The van der Waals surface area contributed by atoms with Crippen LogP contribution in [0.15, 0.2) is 21.6 Å². The van der Waals surface area contributed by atoms with Crippen molar-refractivity contribution in [2.45, 2.75) is 32.2 Å². The van der Waals surface area contributed by atoms with Crippen molar-refractivity contribution in [3.05, 3.63) is 45.6 Å². The van der Waals surface area contributed by atoms with Gasteiger partial charge in [-0.25, -0.2) is 17.5 Å². The maximum atomic E-state index is 13.3. The minimum Gasteiger partial charge on any atom is -0.361 e. The van der Waals surface area contributed by atoms with Gasteiger partial charge < -0.3 is 4.52 Å². The Morgan fingerprint density at radius 1 is 1.33 bits per heavy atom. The predicted octanol–water partition coefficient (Wildman–Crippen LogP) is 2.87. The van der Waals surface area contributed by atoms with E-state index in [0.717, 1.165) is 6.07 Å². The molecule has 0 amide bonds. The molecule has 0 saturated carbocycles. The van der Waals surface area contributed by atoms with E-state index in [1.54, 1.807) is 13.8 Å². The van der Waals surface area contributed by atoms with E-state index in [4.69, 9.17) is 16.1 Å². The Balaban J connectivity index is 2.29. The number of aromatic nitrogens is 1. The predicted molar refractivity (Wildman–Crippen MR) is 76.1 cm³/mol. The third kappa shape index (κ3) is 3.25. The second kappa shape index (κ2) is 5.75. The maximum absolute atomic E-state index is 13.3. The van der Waals surface area contributed by atoms with Gasteiger partial charge in [0.15, 0.2) is 0 Å². The van der Waals surface area contributed by atoms with Crippen LogP contribution in [0.2, 0.25) is 5.02 Å². The number of hydrogen-bond acceptors (Lipinski definition) is 4. The van der Waals surface area contributed by atoms with Gasteiger partial charge in [0.2, 0.25) is 10.0 Å². The molecular formula is C13H14ClFN2O3S. The number of sulfonamides is 1. The van der Waals surface area contributed by atoms with Crippen LogP contribution in [0.1, 0.15) is 22.6 Å². The molecule has 2 rings (SSSR count). The summed E-state index contributed by atoms with van der Waals surface area (Å²) in [5.41, 5.74) is 1.47. The third-order valence-corrected chi connectivity index (χ3v) is 4.99. The molecule has 2 aromatic rings. The van der Waals surface area contributed by atoms with E-state index >= 15 is 0 Å². The Bertz CT molecular complexity index is 767. The average Bonchev–Trinajstić information content (AvgIpc) is 2.71. The molecule has 0 spiro atoms. The van der Waals surface area contributed by atoms with E-state index < -0.39 is 15.8 Å². The fourth-order valence-corrected chi connectivity index (χ4v) is 3.43. The zero-order chi connectivity index (χ0) is 15.8. The average molecular weight is 333 g/mol. The Hall–Kier alpha value is -1.44. The van der Waals surface area contributed by atoms with Crippen LogP contribution in [0.5, 0.6) is 0 Å².